The zero-order valence-corrected chi connectivity index (χ0v) is 15.6. The van der Waals surface area contributed by atoms with Gasteiger partial charge in [0, 0.05) is 18.3 Å². The number of aromatic nitrogens is 1. The molecule has 1 aliphatic heterocycles. The van der Waals surface area contributed by atoms with Gasteiger partial charge in [0.1, 0.15) is 5.56 Å². The van der Waals surface area contributed by atoms with E-state index in [0.29, 0.717) is 6.10 Å². The third kappa shape index (κ3) is 4.51. The van der Waals surface area contributed by atoms with Crippen molar-refractivity contribution in [2.24, 2.45) is 5.41 Å². The Labute approximate surface area is 149 Å². The minimum atomic E-state index is -0.276. The Kier molecular flexibility index (Phi) is 5.32. The van der Waals surface area contributed by atoms with E-state index in [2.05, 4.69) is 24.1 Å². The van der Waals surface area contributed by atoms with Gasteiger partial charge in [0.2, 0.25) is 0 Å². The second-order valence-electron chi connectivity index (χ2n) is 8.44. The maximum atomic E-state index is 12.6. The Morgan fingerprint density at radius 3 is 3.00 bits per heavy atom. The quantitative estimate of drug-likeness (QED) is 0.861. The lowest BCUT2D eigenvalue weighted by atomic mass is 9.76. The van der Waals surface area contributed by atoms with E-state index >= 15 is 0 Å². The van der Waals surface area contributed by atoms with Crippen molar-refractivity contribution in [2.75, 3.05) is 6.61 Å². The maximum Gasteiger partial charge on any atom is 0.261 e. The zero-order chi connectivity index (χ0) is 18.0. The lowest BCUT2D eigenvalue weighted by Crippen LogP contribution is -2.37. The first-order chi connectivity index (χ1) is 11.8. The van der Waals surface area contributed by atoms with E-state index in [1.807, 2.05) is 6.92 Å². The molecule has 2 atom stereocenters. The average molecular weight is 346 g/mol. The lowest BCUT2D eigenvalue weighted by molar-refractivity contribution is 0.0898. The van der Waals surface area contributed by atoms with E-state index in [1.54, 1.807) is 6.07 Å². The lowest BCUT2D eigenvalue weighted by Gasteiger charge is -2.31. The van der Waals surface area contributed by atoms with E-state index in [9.17, 15) is 9.59 Å². The van der Waals surface area contributed by atoms with Gasteiger partial charge >= 0.3 is 0 Å². The van der Waals surface area contributed by atoms with Crippen LogP contribution < -0.4 is 10.9 Å². The molecule has 1 aromatic heterocycles. The summed E-state index contributed by atoms with van der Waals surface area (Å²) in [5.41, 5.74) is 2.27. The van der Waals surface area contributed by atoms with Crippen LogP contribution in [0.5, 0.6) is 0 Å². The number of hydrogen-bond acceptors (Lipinski definition) is 3. The van der Waals surface area contributed by atoms with Crippen molar-refractivity contribution in [3.05, 3.63) is 33.2 Å². The summed E-state index contributed by atoms with van der Waals surface area (Å²) < 4.78 is 5.63. The van der Waals surface area contributed by atoms with Crippen molar-refractivity contribution < 1.29 is 9.53 Å². The molecule has 3 rings (SSSR count). The summed E-state index contributed by atoms with van der Waals surface area (Å²) in [7, 11) is 0. The number of fused-ring (bicyclic) bond motifs is 1. The van der Waals surface area contributed by atoms with Crippen molar-refractivity contribution in [1.82, 2.24) is 10.3 Å². The van der Waals surface area contributed by atoms with E-state index in [4.69, 9.17) is 4.74 Å². The number of carbonyl (C=O) groups is 1. The third-order valence-electron chi connectivity index (χ3n) is 5.50. The minimum Gasteiger partial charge on any atom is -0.378 e. The summed E-state index contributed by atoms with van der Waals surface area (Å²) in [6, 6.07) is 1.83. The molecule has 2 heterocycles. The molecule has 5 heteroatoms. The van der Waals surface area contributed by atoms with E-state index in [0.717, 1.165) is 62.8 Å². The summed E-state index contributed by atoms with van der Waals surface area (Å²) in [6.07, 6.45) is 7.22. The van der Waals surface area contributed by atoms with Crippen LogP contribution in [0, 0.1) is 5.41 Å². The van der Waals surface area contributed by atoms with Gasteiger partial charge in [0.05, 0.1) is 6.10 Å². The van der Waals surface area contributed by atoms with Crippen LogP contribution in [-0.2, 0) is 17.6 Å². The van der Waals surface area contributed by atoms with Crippen LogP contribution in [0.2, 0.25) is 0 Å². The van der Waals surface area contributed by atoms with Gasteiger partial charge < -0.3 is 15.0 Å². The minimum absolute atomic E-state index is 0.0311. The normalized spacial score (nSPS) is 23.1. The van der Waals surface area contributed by atoms with Crippen LogP contribution in [0.3, 0.4) is 0 Å². The number of amides is 1. The maximum absolute atomic E-state index is 12.6. The summed E-state index contributed by atoms with van der Waals surface area (Å²) >= 11 is 0. The summed E-state index contributed by atoms with van der Waals surface area (Å²) in [6.45, 7) is 7.30. The number of aromatic amines is 1. The fourth-order valence-electron chi connectivity index (χ4n) is 3.91. The van der Waals surface area contributed by atoms with Gasteiger partial charge in [-0.15, -0.1) is 0 Å². The molecule has 0 saturated carbocycles. The van der Waals surface area contributed by atoms with Crippen molar-refractivity contribution in [3.8, 4) is 0 Å². The number of rotatable bonds is 5. The number of pyridine rings is 1. The molecule has 5 nitrogen and oxygen atoms in total. The van der Waals surface area contributed by atoms with Crippen molar-refractivity contribution >= 4 is 5.91 Å². The molecule has 0 unspecified atom stereocenters. The highest BCUT2D eigenvalue weighted by Crippen LogP contribution is 2.33. The summed E-state index contributed by atoms with van der Waals surface area (Å²) in [5.74, 6) is -0.271. The second-order valence-corrected chi connectivity index (χ2v) is 8.44. The van der Waals surface area contributed by atoms with Crippen molar-refractivity contribution in [1.29, 1.82) is 0 Å². The molecule has 25 heavy (non-hydrogen) atoms. The molecule has 1 aromatic rings. The Balaban J connectivity index is 1.64. The summed E-state index contributed by atoms with van der Waals surface area (Å²) in [5, 5.41) is 2.97. The monoisotopic (exact) mass is 346 g/mol. The van der Waals surface area contributed by atoms with Crippen molar-refractivity contribution in [3.63, 3.8) is 0 Å². The number of ether oxygens (including phenoxy) is 1. The highest BCUT2D eigenvalue weighted by molar-refractivity contribution is 5.94. The van der Waals surface area contributed by atoms with Crippen LogP contribution >= 0.6 is 0 Å². The van der Waals surface area contributed by atoms with E-state index < -0.39 is 0 Å². The number of H-pyrrole nitrogens is 1. The average Bonchev–Trinajstić information content (AvgIpc) is 3.05. The Hall–Kier alpha value is -1.62. The fourth-order valence-corrected chi connectivity index (χ4v) is 3.91. The smallest absolute Gasteiger partial charge is 0.261 e. The first kappa shape index (κ1) is 18.2. The molecule has 2 N–H and O–H groups in total. The van der Waals surface area contributed by atoms with Gasteiger partial charge in [-0.1, -0.05) is 13.8 Å². The molecule has 0 radical (unpaired) electrons. The predicted octanol–water partition coefficient (Wildman–Crippen LogP) is 2.97. The predicted molar refractivity (Wildman–Crippen MR) is 98.0 cm³/mol. The molecular formula is C20H30N2O3. The molecule has 0 aromatic carbocycles. The van der Waals surface area contributed by atoms with E-state index in [1.165, 1.54) is 0 Å². The fraction of sp³-hybridized carbons (Fsp3) is 0.700. The molecule has 0 bridgehead atoms. The molecule has 0 spiro atoms. The number of nitrogens with one attached hydrogen (secondary N) is 2. The first-order valence-corrected chi connectivity index (χ1v) is 9.51. The van der Waals surface area contributed by atoms with Crippen LogP contribution in [0.15, 0.2) is 10.9 Å². The van der Waals surface area contributed by atoms with Crippen LogP contribution in [0.4, 0.5) is 0 Å². The first-order valence-electron chi connectivity index (χ1n) is 9.51. The molecule has 2 aliphatic rings. The molecule has 1 amide bonds. The largest absolute Gasteiger partial charge is 0.378 e. The van der Waals surface area contributed by atoms with Crippen LogP contribution in [-0.4, -0.2) is 29.6 Å². The second kappa shape index (κ2) is 7.32. The van der Waals surface area contributed by atoms with Gasteiger partial charge in [-0.3, -0.25) is 9.59 Å². The SMILES string of the molecule is C[C@H](CC[C@@H]1CCCO1)NC(=O)c1cc2c([nH]c1=O)CCC(C)(C)C2. The van der Waals surface area contributed by atoms with Crippen molar-refractivity contribution in [2.45, 2.75) is 77.9 Å². The van der Waals surface area contributed by atoms with Gasteiger partial charge in [-0.2, -0.15) is 0 Å². The Bertz CT molecular complexity index is 687. The number of aryl methyl sites for hydroxylation is 1. The Morgan fingerprint density at radius 1 is 1.48 bits per heavy atom. The third-order valence-corrected chi connectivity index (χ3v) is 5.50. The molecule has 1 saturated heterocycles. The summed E-state index contributed by atoms with van der Waals surface area (Å²) in [4.78, 5) is 27.8. The van der Waals surface area contributed by atoms with Gasteiger partial charge in [-0.25, -0.2) is 0 Å². The van der Waals surface area contributed by atoms with E-state index in [-0.39, 0.29) is 28.5 Å². The highest BCUT2D eigenvalue weighted by atomic mass is 16.5. The van der Waals surface area contributed by atoms with Crippen LogP contribution in [0.1, 0.15) is 74.5 Å². The van der Waals surface area contributed by atoms with Gasteiger partial charge in [-0.05, 0) is 68.9 Å². The zero-order valence-electron chi connectivity index (χ0n) is 15.6. The van der Waals surface area contributed by atoms with Gasteiger partial charge in [0.25, 0.3) is 11.5 Å². The highest BCUT2D eigenvalue weighted by Gasteiger charge is 2.27. The Morgan fingerprint density at radius 2 is 2.28 bits per heavy atom. The van der Waals surface area contributed by atoms with Crippen LogP contribution in [0.25, 0.3) is 0 Å². The molecule has 138 valence electrons. The molecular weight excluding hydrogens is 316 g/mol. The molecule has 1 fully saturated rings. The standard InChI is InChI=1S/C20H30N2O3/c1-13(6-7-15-5-4-10-25-15)21-18(23)16-11-14-12-20(2,3)9-8-17(14)22-19(16)24/h11,13,15H,4-10,12H2,1-3H3,(H,21,23)(H,22,24)/t13-,15+/m1/s1. The number of carbonyl (C=O) groups excluding carboxylic acids is 1. The molecule has 1 aliphatic carbocycles. The topological polar surface area (TPSA) is 71.2 Å². The van der Waals surface area contributed by atoms with Gasteiger partial charge in [0.15, 0.2) is 0 Å². The number of hydrogen-bond donors (Lipinski definition) is 2.